The number of anilines is 1. The normalized spacial score (nSPS) is 9.88. The predicted octanol–water partition coefficient (Wildman–Crippen LogP) is 3.18. The molecule has 5 nitrogen and oxygen atoms in total. The molecule has 0 spiro atoms. The van der Waals surface area contributed by atoms with E-state index in [0.29, 0.717) is 29.9 Å². The second-order valence-corrected chi connectivity index (χ2v) is 5.38. The first kappa shape index (κ1) is 17.2. The van der Waals surface area contributed by atoms with E-state index >= 15 is 0 Å². The molecule has 122 valence electrons. The second-order valence-electron chi connectivity index (χ2n) is 5.38. The quantitative estimate of drug-likeness (QED) is 0.919. The smallest absolute Gasteiger partial charge is 0.255 e. The first-order chi connectivity index (χ1) is 11.5. The summed E-state index contributed by atoms with van der Waals surface area (Å²) in [6.07, 6.45) is 0. The van der Waals surface area contributed by atoms with Gasteiger partial charge in [-0.2, -0.15) is 5.26 Å². The van der Waals surface area contributed by atoms with Gasteiger partial charge in [0, 0.05) is 31.3 Å². The van der Waals surface area contributed by atoms with E-state index in [9.17, 15) is 9.59 Å². The van der Waals surface area contributed by atoms with Crippen molar-refractivity contribution < 1.29 is 9.59 Å². The maximum Gasteiger partial charge on any atom is 0.255 e. The molecule has 0 aliphatic heterocycles. The molecular formula is C19H19N3O2. The van der Waals surface area contributed by atoms with Crippen LogP contribution in [0.15, 0.2) is 48.5 Å². The molecule has 2 amide bonds. The lowest BCUT2D eigenvalue weighted by atomic mass is 10.1. The average Bonchev–Trinajstić information content (AvgIpc) is 2.59. The topological polar surface area (TPSA) is 73.2 Å². The number of benzene rings is 2. The van der Waals surface area contributed by atoms with E-state index in [2.05, 4.69) is 5.32 Å². The summed E-state index contributed by atoms with van der Waals surface area (Å²) in [6.45, 7) is 4.60. The van der Waals surface area contributed by atoms with Crippen molar-refractivity contribution >= 4 is 17.5 Å². The number of carbonyl (C=O) groups excluding carboxylic acids is 2. The van der Waals surface area contributed by atoms with Crippen molar-refractivity contribution in [2.24, 2.45) is 0 Å². The molecule has 0 radical (unpaired) electrons. The van der Waals surface area contributed by atoms with E-state index in [1.54, 1.807) is 35.2 Å². The number of nitrogens with zero attached hydrogens (tertiary/aromatic N) is 2. The Kier molecular flexibility index (Phi) is 5.69. The van der Waals surface area contributed by atoms with Gasteiger partial charge in [0.15, 0.2) is 0 Å². The number of carbonyl (C=O) groups is 2. The van der Waals surface area contributed by atoms with Crippen molar-refractivity contribution in [2.75, 3.05) is 11.9 Å². The van der Waals surface area contributed by atoms with Crippen molar-refractivity contribution in [2.45, 2.75) is 20.4 Å². The van der Waals surface area contributed by atoms with Crippen LogP contribution in [0.2, 0.25) is 0 Å². The molecule has 2 aromatic carbocycles. The van der Waals surface area contributed by atoms with Gasteiger partial charge in [-0.25, -0.2) is 0 Å². The molecule has 2 rings (SSSR count). The van der Waals surface area contributed by atoms with E-state index in [-0.39, 0.29) is 11.8 Å². The predicted molar refractivity (Wildman–Crippen MR) is 92.3 cm³/mol. The van der Waals surface area contributed by atoms with Gasteiger partial charge in [-0.15, -0.1) is 0 Å². The Balaban J connectivity index is 2.12. The standard InChI is InChI=1S/C19H19N3O2/c1-3-22(14(2)23)13-16-7-5-9-18(11-16)21-19(24)17-8-4-6-15(10-17)12-20/h4-11H,3,13H2,1-2H3,(H,21,24). The SMILES string of the molecule is CCN(Cc1cccc(NC(=O)c2cccc(C#N)c2)c1)C(C)=O. The molecule has 0 heterocycles. The molecule has 1 N–H and O–H groups in total. The number of hydrogen-bond acceptors (Lipinski definition) is 3. The maximum atomic E-state index is 12.3. The van der Waals surface area contributed by atoms with Gasteiger partial charge < -0.3 is 10.2 Å². The molecule has 0 fully saturated rings. The van der Waals surface area contributed by atoms with Crippen molar-refractivity contribution in [3.63, 3.8) is 0 Å². The largest absolute Gasteiger partial charge is 0.339 e. The zero-order valence-electron chi connectivity index (χ0n) is 13.7. The lowest BCUT2D eigenvalue weighted by molar-refractivity contribution is -0.129. The summed E-state index contributed by atoms with van der Waals surface area (Å²) in [7, 11) is 0. The average molecular weight is 321 g/mol. The molecule has 0 atom stereocenters. The fourth-order valence-corrected chi connectivity index (χ4v) is 2.35. The second kappa shape index (κ2) is 7.93. The van der Waals surface area contributed by atoms with Crippen molar-refractivity contribution in [1.29, 1.82) is 5.26 Å². The van der Waals surface area contributed by atoms with Gasteiger partial charge in [0.05, 0.1) is 11.6 Å². The van der Waals surface area contributed by atoms with Crippen LogP contribution in [0.25, 0.3) is 0 Å². The fourth-order valence-electron chi connectivity index (χ4n) is 2.35. The molecule has 0 saturated carbocycles. The number of hydrogen-bond donors (Lipinski definition) is 1. The highest BCUT2D eigenvalue weighted by Crippen LogP contribution is 2.15. The number of nitriles is 1. The lowest BCUT2D eigenvalue weighted by Crippen LogP contribution is -2.27. The third-order valence-electron chi connectivity index (χ3n) is 3.64. The van der Waals surface area contributed by atoms with Gasteiger partial charge in [0.25, 0.3) is 5.91 Å². The van der Waals surface area contributed by atoms with Crippen LogP contribution < -0.4 is 5.32 Å². The Bertz CT molecular complexity index is 793. The lowest BCUT2D eigenvalue weighted by Gasteiger charge is -2.19. The van der Waals surface area contributed by atoms with E-state index in [1.165, 1.54) is 6.92 Å². The molecule has 0 aliphatic rings. The highest BCUT2D eigenvalue weighted by Gasteiger charge is 2.09. The maximum absolute atomic E-state index is 12.3. The highest BCUT2D eigenvalue weighted by molar-refractivity contribution is 6.04. The van der Waals surface area contributed by atoms with Crippen LogP contribution in [0.4, 0.5) is 5.69 Å². The van der Waals surface area contributed by atoms with Crippen LogP contribution in [-0.4, -0.2) is 23.3 Å². The van der Waals surface area contributed by atoms with Crippen LogP contribution in [0.3, 0.4) is 0 Å². The monoisotopic (exact) mass is 321 g/mol. The number of rotatable bonds is 5. The van der Waals surface area contributed by atoms with E-state index in [0.717, 1.165) is 5.56 Å². The van der Waals surface area contributed by atoms with E-state index in [1.807, 2.05) is 31.2 Å². The van der Waals surface area contributed by atoms with Gasteiger partial charge in [0.2, 0.25) is 5.91 Å². The molecule has 5 heteroatoms. The Morgan fingerprint density at radius 1 is 1.17 bits per heavy atom. The third kappa shape index (κ3) is 4.43. The van der Waals surface area contributed by atoms with Crippen LogP contribution in [0.5, 0.6) is 0 Å². The molecule has 0 aromatic heterocycles. The van der Waals surface area contributed by atoms with Gasteiger partial charge >= 0.3 is 0 Å². The van der Waals surface area contributed by atoms with Crippen molar-refractivity contribution in [3.05, 3.63) is 65.2 Å². The van der Waals surface area contributed by atoms with Gasteiger partial charge in [0.1, 0.15) is 0 Å². The Morgan fingerprint density at radius 3 is 2.58 bits per heavy atom. The third-order valence-corrected chi connectivity index (χ3v) is 3.64. The minimum Gasteiger partial charge on any atom is -0.339 e. The van der Waals surface area contributed by atoms with Crippen LogP contribution in [0, 0.1) is 11.3 Å². The van der Waals surface area contributed by atoms with E-state index in [4.69, 9.17) is 5.26 Å². The number of amides is 2. The minimum atomic E-state index is -0.275. The van der Waals surface area contributed by atoms with Gasteiger partial charge in [-0.05, 0) is 42.8 Å². The molecular weight excluding hydrogens is 302 g/mol. The molecule has 0 unspecified atom stereocenters. The van der Waals surface area contributed by atoms with Crippen LogP contribution >= 0.6 is 0 Å². The highest BCUT2D eigenvalue weighted by atomic mass is 16.2. The summed E-state index contributed by atoms with van der Waals surface area (Å²) in [4.78, 5) is 25.5. The fraction of sp³-hybridized carbons (Fsp3) is 0.211. The van der Waals surface area contributed by atoms with Gasteiger partial charge in [-0.3, -0.25) is 9.59 Å². The molecule has 0 saturated heterocycles. The summed E-state index contributed by atoms with van der Waals surface area (Å²) < 4.78 is 0. The first-order valence-corrected chi connectivity index (χ1v) is 7.69. The molecule has 0 aliphatic carbocycles. The molecule has 24 heavy (non-hydrogen) atoms. The summed E-state index contributed by atoms with van der Waals surface area (Å²) in [5, 5.41) is 11.7. The van der Waals surface area contributed by atoms with Crippen molar-refractivity contribution in [1.82, 2.24) is 4.90 Å². The van der Waals surface area contributed by atoms with E-state index < -0.39 is 0 Å². The summed E-state index contributed by atoms with van der Waals surface area (Å²) in [5.74, 6) is -0.261. The first-order valence-electron chi connectivity index (χ1n) is 7.69. The van der Waals surface area contributed by atoms with Crippen LogP contribution in [-0.2, 0) is 11.3 Å². The van der Waals surface area contributed by atoms with Crippen molar-refractivity contribution in [3.8, 4) is 6.07 Å². The zero-order valence-corrected chi connectivity index (χ0v) is 13.7. The number of nitrogens with one attached hydrogen (secondary N) is 1. The Morgan fingerprint density at radius 2 is 1.92 bits per heavy atom. The van der Waals surface area contributed by atoms with Crippen LogP contribution in [0.1, 0.15) is 35.3 Å². The zero-order chi connectivity index (χ0) is 17.5. The molecule has 0 bridgehead atoms. The summed E-state index contributed by atoms with van der Waals surface area (Å²) in [6, 6.07) is 15.9. The minimum absolute atomic E-state index is 0.0141. The summed E-state index contributed by atoms with van der Waals surface area (Å²) >= 11 is 0. The molecule has 2 aromatic rings. The Hall–Kier alpha value is -3.13. The Labute approximate surface area is 141 Å². The van der Waals surface area contributed by atoms with Gasteiger partial charge in [-0.1, -0.05) is 18.2 Å². The summed E-state index contributed by atoms with van der Waals surface area (Å²) in [5.41, 5.74) is 2.46.